The fraction of sp³-hybridized carbons (Fsp3) is 0.211. The zero-order valence-electron chi connectivity index (χ0n) is 14.6. The molecule has 0 aromatic heterocycles. The Morgan fingerprint density at radius 3 is 2.48 bits per heavy atom. The Labute approximate surface area is 160 Å². The van der Waals surface area contributed by atoms with Crippen molar-refractivity contribution in [2.24, 2.45) is 10.7 Å². The minimum atomic E-state index is -0.611. The zero-order valence-corrected chi connectivity index (χ0v) is 15.4. The molecule has 1 aliphatic rings. The normalized spacial score (nSPS) is 18.1. The second-order valence-electron chi connectivity index (χ2n) is 5.92. The second-order valence-corrected chi connectivity index (χ2v) is 7.09. The van der Waals surface area contributed by atoms with Crippen LogP contribution in [-0.2, 0) is 16.1 Å². The fourth-order valence-electron chi connectivity index (χ4n) is 2.59. The average Bonchev–Trinajstić information content (AvgIpc) is 2.92. The highest BCUT2D eigenvalue weighted by Crippen LogP contribution is 2.33. The molecule has 2 N–H and O–H groups in total. The standard InChI is InChI=1S/C19H18FN3O3S/c1-26-15-8-6-14(7-9-15)22-19-23(11-12-2-4-13(20)5-3-12)18(25)16(27-19)10-17(21)24/h2-9,16H,10-11H2,1H3,(H2,21,24). The van der Waals surface area contributed by atoms with Crippen molar-refractivity contribution in [3.05, 3.63) is 59.9 Å². The predicted octanol–water partition coefficient (Wildman–Crippen LogP) is 2.84. The number of ether oxygens (including phenoxy) is 1. The van der Waals surface area contributed by atoms with Gasteiger partial charge in [-0.2, -0.15) is 0 Å². The van der Waals surface area contributed by atoms with Gasteiger partial charge in [-0.1, -0.05) is 23.9 Å². The topological polar surface area (TPSA) is 85.0 Å². The van der Waals surface area contributed by atoms with E-state index in [4.69, 9.17) is 10.5 Å². The van der Waals surface area contributed by atoms with E-state index in [2.05, 4.69) is 4.99 Å². The van der Waals surface area contributed by atoms with Crippen LogP contribution in [0.15, 0.2) is 53.5 Å². The van der Waals surface area contributed by atoms with Gasteiger partial charge in [-0.05, 0) is 42.0 Å². The summed E-state index contributed by atoms with van der Waals surface area (Å²) < 4.78 is 18.3. The van der Waals surface area contributed by atoms with E-state index in [9.17, 15) is 14.0 Å². The Balaban J connectivity index is 1.88. The number of halogens is 1. The van der Waals surface area contributed by atoms with Crippen LogP contribution in [0.2, 0.25) is 0 Å². The molecule has 0 saturated carbocycles. The lowest BCUT2D eigenvalue weighted by molar-refractivity contribution is -0.128. The van der Waals surface area contributed by atoms with Crippen LogP contribution in [0.3, 0.4) is 0 Å². The Bertz CT molecular complexity index is 869. The first-order valence-corrected chi connectivity index (χ1v) is 9.08. The number of methoxy groups -OCH3 is 1. The summed E-state index contributed by atoms with van der Waals surface area (Å²) in [4.78, 5) is 30.1. The lowest BCUT2D eigenvalue weighted by Crippen LogP contribution is -2.33. The molecule has 0 spiro atoms. The minimum absolute atomic E-state index is 0.0644. The summed E-state index contributed by atoms with van der Waals surface area (Å²) >= 11 is 1.20. The van der Waals surface area contributed by atoms with E-state index in [-0.39, 0.29) is 24.7 Å². The van der Waals surface area contributed by atoms with Crippen LogP contribution in [0.1, 0.15) is 12.0 Å². The van der Waals surface area contributed by atoms with E-state index in [0.717, 1.165) is 5.56 Å². The summed E-state index contributed by atoms with van der Waals surface area (Å²) in [5, 5.41) is -0.138. The van der Waals surface area contributed by atoms with Crippen molar-refractivity contribution in [3.8, 4) is 5.75 Å². The molecule has 1 saturated heterocycles. The van der Waals surface area contributed by atoms with Gasteiger partial charge in [0.25, 0.3) is 0 Å². The summed E-state index contributed by atoms with van der Waals surface area (Å²) in [6.07, 6.45) is -0.0644. The van der Waals surface area contributed by atoms with Crippen LogP contribution in [0, 0.1) is 5.82 Å². The Kier molecular flexibility index (Phi) is 5.75. The first kappa shape index (κ1) is 18.9. The monoisotopic (exact) mass is 387 g/mol. The Hall–Kier alpha value is -2.87. The molecule has 1 aliphatic heterocycles. The molecule has 8 heteroatoms. The maximum Gasteiger partial charge on any atom is 0.242 e. The van der Waals surface area contributed by atoms with Gasteiger partial charge in [0.15, 0.2) is 5.17 Å². The van der Waals surface area contributed by atoms with Gasteiger partial charge in [0.05, 0.1) is 19.3 Å². The van der Waals surface area contributed by atoms with Gasteiger partial charge >= 0.3 is 0 Å². The van der Waals surface area contributed by atoms with Crippen LogP contribution < -0.4 is 10.5 Å². The van der Waals surface area contributed by atoms with Gasteiger partial charge in [-0.25, -0.2) is 9.38 Å². The zero-order chi connectivity index (χ0) is 19.4. The number of benzene rings is 2. The van der Waals surface area contributed by atoms with Crippen molar-refractivity contribution in [3.63, 3.8) is 0 Å². The van der Waals surface area contributed by atoms with Gasteiger partial charge < -0.3 is 10.5 Å². The quantitative estimate of drug-likeness (QED) is 0.826. The molecule has 2 aromatic rings. The number of carbonyl (C=O) groups excluding carboxylic acids is 2. The third kappa shape index (κ3) is 4.65. The SMILES string of the molecule is COc1ccc(N=C2SC(CC(N)=O)C(=O)N2Cc2ccc(F)cc2)cc1. The van der Waals surface area contributed by atoms with Gasteiger partial charge in [0.1, 0.15) is 16.8 Å². The molecular weight excluding hydrogens is 369 g/mol. The van der Waals surface area contributed by atoms with E-state index in [1.807, 2.05) is 0 Å². The summed E-state index contributed by atoms with van der Waals surface area (Å²) in [5.41, 5.74) is 6.67. The molecule has 2 amide bonds. The van der Waals surface area contributed by atoms with Crippen molar-refractivity contribution in [2.75, 3.05) is 7.11 Å². The van der Waals surface area contributed by atoms with Crippen molar-refractivity contribution < 1.29 is 18.7 Å². The molecule has 0 radical (unpaired) electrons. The maximum absolute atomic E-state index is 13.1. The largest absolute Gasteiger partial charge is 0.497 e. The number of amidine groups is 1. The number of primary amides is 1. The third-order valence-electron chi connectivity index (χ3n) is 3.96. The van der Waals surface area contributed by atoms with E-state index in [1.165, 1.54) is 28.8 Å². The van der Waals surface area contributed by atoms with Gasteiger partial charge in [-0.15, -0.1) is 0 Å². The number of hydrogen-bond donors (Lipinski definition) is 1. The van der Waals surface area contributed by atoms with Crippen LogP contribution in [0.5, 0.6) is 5.75 Å². The number of thioether (sulfide) groups is 1. The summed E-state index contributed by atoms with van der Waals surface area (Å²) in [5.74, 6) is -0.438. The lowest BCUT2D eigenvalue weighted by atomic mass is 10.2. The highest BCUT2D eigenvalue weighted by atomic mass is 32.2. The van der Waals surface area contributed by atoms with E-state index >= 15 is 0 Å². The average molecular weight is 387 g/mol. The first-order chi connectivity index (χ1) is 13.0. The molecule has 1 heterocycles. The Morgan fingerprint density at radius 2 is 1.89 bits per heavy atom. The van der Waals surface area contributed by atoms with E-state index < -0.39 is 11.2 Å². The second kappa shape index (κ2) is 8.22. The van der Waals surface area contributed by atoms with E-state index in [0.29, 0.717) is 16.6 Å². The van der Waals surface area contributed by atoms with Crippen LogP contribution in [0.4, 0.5) is 10.1 Å². The molecule has 1 unspecified atom stereocenters. The number of nitrogens with zero attached hydrogens (tertiary/aromatic N) is 2. The highest BCUT2D eigenvalue weighted by molar-refractivity contribution is 8.15. The van der Waals surface area contributed by atoms with Gasteiger partial charge in [-0.3, -0.25) is 14.5 Å². The number of rotatable bonds is 6. The summed E-state index contributed by atoms with van der Waals surface area (Å²) in [7, 11) is 1.57. The number of hydrogen-bond acceptors (Lipinski definition) is 5. The van der Waals surface area contributed by atoms with Crippen LogP contribution in [0.25, 0.3) is 0 Å². The minimum Gasteiger partial charge on any atom is -0.497 e. The summed E-state index contributed by atoms with van der Waals surface area (Å²) in [6.45, 7) is 0.233. The Morgan fingerprint density at radius 1 is 1.22 bits per heavy atom. The van der Waals surface area contributed by atoms with Crippen molar-refractivity contribution in [2.45, 2.75) is 18.2 Å². The molecule has 6 nitrogen and oxygen atoms in total. The third-order valence-corrected chi connectivity index (χ3v) is 5.13. The molecule has 0 bridgehead atoms. The number of nitrogens with two attached hydrogens (primary N) is 1. The molecule has 0 aliphatic carbocycles. The maximum atomic E-state index is 13.1. The number of carbonyl (C=O) groups is 2. The van der Waals surface area contributed by atoms with Crippen LogP contribution >= 0.6 is 11.8 Å². The molecule has 1 fully saturated rings. The highest BCUT2D eigenvalue weighted by Gasteiger charge is 2.38. The molecule has 2 aromatic carbocycles. The molecule has 140 valence electrons. The molecular formula is C19H18FN3O3S. The van der Waals surface area contributed by atoms with Crippen molar-refractivity contribution in [1.29, 1.82) is 0 Å². The molecule has 27 heavy (non-hydrogen) atoms. The fourth-order valence-corrected chi connectivity index (χ4v) is 3.76. The van der Waals surface area contributed by atoms with Gasteiger partial charge in [0.2, 0.25) is 11.8 Å². The van der Waals surface area contributed by atoms with Crippen LogP contribution in [-0.4, -0.2) is 34.2 Å². The van der Waals surface area contributed by atoms with Crippen molar-refractivity contribution in [1.82, 2.24) is 4.90 Å². The van der Waals surface area contributed by atoms with E-state index in [1.54, 1.807) is 43.5 Å². The number of aliphatic imine (C=N–C) groups is 1. The van der Waals surface area contributed by atoms with Gasteiger partial charge in [0, 0.05) is 6.42 Å². The molecule has 3 rings (SSSR count). The lowest BCUT2D eigenvalue weighted by Gasteiger charge is -2.16. The smallest absolute Gasteiger partial charge is 0.242 e. The summed E-state index contributed by atoms with van der Waals surface area (Å²) in [6, 6.07) is 13.0. The van der Waals surface area contributed by atoms with Crippen molar-refractivity contribution >= 4 is 34.4 Å². The molecule has 1 atom stereocenters. The predicted molar refractivity (Wildman–Crippen MR) is 102 cm³/mol. The number of amides is 2. The first-order valence-electron chi connectivity index (χ1n) is 8.20.